The number of amides is 1. The van der Waals surface area contributed by atoms with Crippen LogP contribution in [0.3, 0.4) is 0 Å². The molecule has 0 aliphatic carbocycles. The van der Waals surface area contributed by atoms with Crippen molar-refractivity contribution in [3.8, 4) is 0 Å². The zero-order valence-corrected chi connectivity index (χ0v) is 14.1. The lowest BCUT2D eigenvalue weighted by molar-refractivity contribution is -0.120. The Morgan fingerprint density at radius 1 is 1.45 bits per heavy atom. The fourth-order valence-electron chi connectivity index (χ4n) is 2.58. The van der Waals surface area contributed by atoms with Gasteiger partial charge >= 0.3 is 0 Å². The molecule has 0 saturated carbocycles. The van der Waals surface area contributed by atoms with E-state index in [4.69, 9.17) is 11.5 Å². The number of carbonyl (C=O) groups is 1. The minimum Gasteiger partial charge on any atom is -0.370 e. The van der Waals surface area contributed by atoms with Gasteiger partial charge in [-0.1, -0.05) is 26.0 Å². The lowest BCUT2D eigenvalue weighted by Gasteiger charge is -2.26. The zero-order valence-electron chi connectivity index (χ0n) is 11.7. The molecule has 1 amide bonds. The maximum atomic E-state index is 11.1. The monoisotopic (exact) mass is 354 g/mol. The fraction of sp³-hybridized carbons (Fsp3) is 0.400. The van der Waals surface area contributed by atoms with Crippen molar-refractivity contribution in [3.05, 3.63) is 33.6 Å². The molecule has 0 aliphatic heterocycles. The van der Waals surface area contributed by atoms with Crippen molar-refractivity contribution in [1.29, 1.82) is 0 Å². The van der Waals surface area contributed by atoms with E-state index in [2.05, 4.69) is 27.4 Å². The first kappa shape index (κ1) is 15.5. The van der Waals surface area contributed by atoms with Crippen molar-refractivity contribution in [2.24, 2.45) is 16.9 Å². The number of hydrogen-bond donors (Lipinski definition) is 2. The van der Waals surface area contributed by atoms with Gasteiger partial charge in [-0.15, -0.1) is 11.3 Å². The average Bonchev–Trinajstić information content (AvgIpc) is 2.71. The molecule has 0 saturated heterocycles. The van der Waals surface area contributed by atoms with Gasteiger partial charge in [0.1, 0.15) is 0 Å². The van der Waals surface area contributed by atoms with Crippen molar-refractivity contribution >= 4 is 43.3 Å². The van der Waals surface area contributed by atoms with Gasteiger partial charge in [-0.25, -0.2) is 0 Å². The Hall–Kier alpha value is -0.910. The van der Waals surface area contributed by atoms with Crippen molar-refractivity contribution in [2.45, 2.75) is 32.7 Å². The standard InChI is InChI=1S/C15H19BrN2OS/c1-15(2,7-13(18)19)6-12(17)10-8-20-14-9(10)4-3-5-11(14)16/h3-5,8,12H,6-7,17H2,1-2H3,(H2,18,19). The first-order chi connectivity index (χ1) is 9.30. The Balaban J connectivity index is 2.26. The molecule has 2 rings (SSSR count). The van der Waals surface area contributed by atoms with E-state index in [-0.39, 0.29) is 17.4 Å². The number of halogens is 1. The summed E-state index contributed by atoms with van der Waals surface area (Å²) in [6.45, 7) is 4.06. The average molecular weight is 355 g/mol. The third-order valence-corrected chi connectivity index (χ3v) is 5.38. The second-order valence-electron chi connectivity index (χ2n) is 5.93. The lowest BCUT2D eigenvalue weighted by atomic mass is 9.81. The largest absolute Gasteiger partial charge is 0.370 e. The predicted molar refractivity (Wildman–Crippen MR) is 88.7 cm³/mol. The Morgan fingerprint density at radius 3 is 2.80 bits per heavy atom. The Morgan fingerprint density at radius 2 is 2.15 bits per heavy atom. The van der Waals surface area contributed by atoms with Gasteiger partial charge in [0.15, 0.2) is 0 Å². The van der Waals surface area contributed by atoms with E-state index < -0.39 is 0 Å². The number of primary amides is 1. The summed E-state index contributed by atoms with van der Waals surface area (Å²) in [5, 5.41) is 3.30. The highest BCUT2D eigenvalue weighted by atomic mass is 79.9. The highest BCUT2D eigenvalue weighted by Crippen LogP contribution is 2.38. The van der Waals surface area contributed by atoms with Crippen molar-refractivity contribution in [2.75, 3.05) is 0 Å². The summed E-state index contributed by atoms with van der Waals surface area (Å²) < 4.78 is 2.31. The van der Waals surface area contributed by atoms with Crippen LogP contribution >= 0.6 is 27.3 Å². The summed E-state index contributed by atoms with van der Waals surface area (Å²) in [6, 6.07) is 6.05. The molecule has 4 N–H and O–H groups in total. The van der Waals surface area contributed by atoms with E-state index in [9.17, 15) is 4.79 Å². The smallest absolute Gasteiger partial charge is 0.217 e. The maximum Gasteiger partial charge on any atom is 0.217 e. The van der Waals surface area contributed by atoms with E-state index in [0.29, 0.717) is 6.42 Å². The van der Waals surface area contributed by atoms with Crippen LogP contribution in [0.4, 0.5) is 0 Å². The summed E-state index contributed by atoms with van der Waals surface area (Å²) in [5.41, 5.74) is 12.6. The van der Waals surface area contributed by atoms with Crippen LogP contribution < -0.4 is 11.5 Å². The molecule has 5 heteroatoms. The number of rotatable bonds is 5. The van der Waals surface area contributed by atoms with Crippen molar-refractivity contribution in [3.63, 3.8) is 0 Å². The Bertz CT molecular complexity index is 636. The van der Waals surface area contributed by atoms with Gasteiger partial charge < -0.3 is 11.5 Å². The molecule has 1 atom stereocenters. The molecule has 0 radical (unpaired) electrons. The number of benzene rings is 1. The molecular formula is C15H19BrN2OS. The van der Waals surface area contributed by atoms with Crippen LogP contribution in [0.1, 0.15) is 38.3 Å². The number of hydrogen-bond acceptors (Lipinski definition) is 3. The molecule has 20 heavy (non-hydrogen) atoms. The second kappa shape index (κ2) is 5.84. The van der Waals surface area contributed by atoms with Crippen LogP contribution in [-0.4, -0.2) is 5.91 Å². The summed E-state index contributed by atoms with van der Waals surface area (Å²) >= 11 is 5.25. The van der Waals surface area contributed by atoms with Crippen LogP contribution in [-0.2, 0) is 4.79 Å². The van der Waals surface area contributed by atoms with Gasteiger partial charge in [-0.3, -0.25) is 4.79 Å². The van der Waals surface area contributed by atoms with Gasteiger partial charge in [-0.05, 0) is 50.2 Å². The highest BCUT2D eigenvalue weighted by Gasteiger charge is 2.25. The maximum absolute atomic E-state index is 11.1. The van der Waals surface area contributed by atoms with Gasteiger partial charge in [0.05, 0.1) is 0 Å². The summed E-state index contributed by atoms with van der Waals surface area (Å²) in [6.07, 6.45) is 1.08. The number of nitrogens with two attached hydrogens (primary N) is 2. The highest BCUT2D eigenvalue weighted by molar-refractivity contribution is 9.10. The van der Waals surface area contributed by atoms with Crippen LogP contribution in [0, 0.1) is 5.41 Å². The number of thiophene rings is 1. The SMILES string of the molecule is CC(C)(CC(N)=O)CC(N)c1csc2c(Br)cccc12. The normalized spacial score (nSPS) is 13.6. The Labute approximate surface area is 131 Å². The molecule has 1 heterocycles. The van der Waals surface area contributed by atoms with Gasteiger partial charge in [0, 0.05) is 21.6 Å². The first-order valence-corrected chi connectivity index (χ1v) is 8.17. The first-order valence-electron chi connectivity index (χ1n) is 6.50. The molecule has 3 nitrogen and oxygen atoms in total. The van der Waals surface area contributed by atoms with Gasteiger partial charge in [-0.2, -0.15) is 0 Å². The molecule has 0 aliphatic rings. The topological polar surface area (TPSA) is 69.1 Å². The molecule has 1 aromatic heterocycles. The van der Waals surface area contributed by atoms with E-state index >= 15 is 0 Å². The van der Waals surface area contributed by atoms with E-state index in [0.717, 1.165) is 16.5 Å². The van der Waals surface area contributed by atoms with Crippen LogP contribution in [0.2, 0.25) is 0 Å². The fourth-order valence-corrected chi connectivity index (χ4v) is 4.26. The summed E-state index contributed by atoms with van der Waals surface area (Å²) in [5.74, 6) is -0.278. The molecule has 108 valence electrons. The minimum absolute atomic E-state index is 0.0904. The molecule has 1 unspecified atom stereocenters. The number of carbonyl (C=O) groups excluding carboxylic acids is 1. The van der Waals surface area contributed by atoms with Gasteiger partial charge in [0.2, 0.25) is 5.91 Å². The minimum atomic E-state index is -0.278. The number of fused-ring (bicyclic) bond motifs is 1. The predicted octanol–water partition coefficient (Wildman–Crippen LogP) is 3.96. The molecule has 0 spiro atoms. The van der Waals surface area contributed by atoms with E-state index in [1.807, 2.05) is 26.0 Å². The lowest BCUT2D eigenvalue weighted by Crippen LogP contribution is -2.26. The molecule has 2 aromatic rings. The second-order valence-corrected chi connectivity index (χ2v) is 7.66. The van der Waals surface area contributed by atoms with Crippen molar-refractivity contribution < 1.29 is 4.79 Å². The van der Waals surface area contributed by atoms with E-state index in [1.54, 1.807) is 11.3 Å². The van der Waals surface area contributed by atoms with Crippen LogP contribution in [0.15, 0.2) is 28.1 Å². The van der Waals surface area contributed by atoms with E-state index in [1.165, 1.54) is 10.1 Å². The Kier molecular flexibility index (Phi) is 4.52. The third-order valence-electron chi connectivity index (χ3n) is 3.41. The quantitative estimate of drug-likeness (QED) is 0.852. The van der Waals surface area contributed by atoms with Crippen molar-refractivity contribution in [1.82, 2.24) is 0 Å². The molecule has 0 bridgehead atoms. The third kappa shape index (κ3) is 3.40. The van der Waals surface area contributed by atoms with Crippen LogP contribution in [0.5, 0.6) is 0 Å². The molecular weight excluding hydrogens is 336 g/mol. The zero-order chi connectivity index (χ0) is 14.9. The molecule has 1 aromatic carbocycles. The van der Waals surface area contributed by atoms with Crippen LogP contribution in [0.25, 0.3) is 10.1 Å². The molecule has 0 fully saturated rings. The van der Waals surface area contributed by atoms with Gasteiger partial charge in [0.25, 0.3) is 0 Å². The summed E-state index contributed by atoms with van der Waals surface area (Å²) in [7, 11) is 0. The summed E-state index contributed by atoms with van der Waals surface area (Å²) in [4.78, 5) is 11.1.